The molecule has 0 bridgehead atoms. The number of benzene rings is 2. The largest absolute Gasteiger partial charge is 0.508 e. The second-order valence-electron chi connectivity index (χ2n) is 15.4. The van der Waals surface area contributed by atoms with E-state index >= 15 is 0 Å². The molecule has 12 nitrogen and oxygen atoms in total. The highest BCUT2D eigenvalue weighted by atomic mass is 16.7. The molecule has 3 rings (SSSR count). The summed E-state index contributed by atoms with van der Waals surface area (Å²) < 4.78 is 42.2. The minimum absolute atomic E-state index is 0.107. The predicted octanol–water partition coefficient (Wildman–Crippen LogP) is 13.9. The van der Waals surface area contributed by atoms with Crippen LogP contribution in [0.2, 0.25) is 0 Å². The number of aliphatic hydroxyl groups is 1. The van der Waals surface area contributed by atoms with Gasteiger partial charge in [-0.1, -0.05) is 130 Å². The lowest BCUT2D eigenvalue weighted by atomic mass is 10.2. The fourth-order valence-electron chi connectivity index (χ4n) is 5.53. The topological polar surface area (TPSA) is 148 Å². The second-order valence-corrected chi connectivity index (χ2v) is 15.4. The lowest BCUT2D eigenvalue weighted by Gasteiger charge is -2.22. The number of esters is 2. The van der Waals surface area contributed by atoms with Crippen molar-refractivity contribution in [3.8, 4) is 11.5 Å². The Hall–Kier alpha value is -4.20. The van der Waals surface area contributed by atoms with E-state index in [9.17, 15) is 9.59 Å². The van der Waals surface area contributed by atoms with E-state index < -0.39 is 18.7 Å². The molecule has 384 valence electrons. The Morgan fingerprint density at radius 1 is 0.672 bits per heavy atom. The number of aryl methyl sites for hydroxylation is 1. The highest BCUT2D eigenvalue weighted by molar-refractivity contribution is 5.89. The summed E-state index contributed by atoms with van der Waals surface area (Å²) in [6.07, 6.45) is 27.5. The molecule has 2 aromatic carbocycles. The van der Waals surface area contributed by atoms with Gasteiger partial charge < -0.3 is 48.1 Å². The van der Waals surface area contributed by atoms with Gasteiger partial charge in [-0.2, -0.15) is 0 Å². The van der Waals surface area contributed by atoms with Crippen LogP contribution < -0.4 is 4.74 Å². The minimum Gasteiger partial charge on any atom is -0.508 e. The van der Waals surface area contributed by atoms with Crippen molar-refractivity contribution in [1.82, 2.24) is 0 Å². The SMILES string of the molecule is CC.CCCCCCCOC(=O)/C=C/C(=C\C=C\OC(=O)c1ccc(OCCCC)cc1)OCO.CCCCCCOC1CCCCO1.CCCCCOCOCCC.Cc1ccc(O)cc1. The summed E-state index contributed by atoms with van der Waals surface area (Å²) in [4.78, 5) is 23.9. The van der Waals surface area contributed by atoms with Crippen LogP contribution in [-0.4, -0.2) is 81.7 Å². The molecule has 0 radical (unpaired) electrons. The van der Waals surface area contributed by atoms with E-state index in [0.29, 0.717) is 37.1 Å². The first kappa shape index (κ1) is 64.9. The van der Waals surface area contributed by atoms with Gasteiger partial charge in [-0.3, -0.25) is 0 Å². The zero-order chi connectivity index (χ0) is 49.9. The minimum atomic E-state index is -0.567. The van der Waals surface area contributed by atoms with E-state index in [-0.39, 0.29) is 12.0 Å². The van der Waals surface area contributed by atoms with Crippen molar-refractivity contribution in [3.05, 3.63) is 96.0 Å². The molecule has 1 unspecified atom stereocenters. The summed E-state index contributed by atoms with van der Waals surface area (Å²) in [7, 11) is 0. The second kappa shape index (κ2) is 51.2. The summed E-state index contributed by atoms with van der Waals surface area (Å²) in [6.45, 7) is 21.1. The summed E-state index contributed by atoms with van der Waals surface area (Å²) in [5.41, 5.74) is 1.55. The van der Waals surface area contributed by atoms with E-state index in [1.165, 1.54) is 93.9 Å². The van der Waals surface area contributed by atoms with E-state index in [1.807, 2.05) is 32.9 Å². The fraction of sp³-hybridized carbons (Fsp3) is 0.636. The zero-order valence-corrected chi connectivity index (χ0v) is 42.9. The number of rotatable bonds is 31. The number of phenols is 1. The maximum Gasteiger partial charge on any atom is 0.342 e. The van der Waals surface area contributed by atoms with Crippen molar-refractivity contribution >= 4 is 11.9 Å². The van der Waals surface area contributed by atoms with Gasteiger partial charge in [-0.25, -0.2) is 9.59 Å². The number of hydrogen-bond donors (Lipinski definition) is 2. The van der Waals surface area contributed by atoms with Gasteiger partial charge in [-0.05, 0) is 113 Å². The van der Waals surface area contributed by atoms with Crippen LogP contribution in [0.15, 0.2) is 84.9 Å². The van der Waals surface area contributed by atoms with Crippen molar-refractivity contribution in [2.24, 2.45) is 0 Å². The third-order valence-electron chi connectivity index (χ3n) is 9.36. The van der Waals surface area contributed by atoms with Gasteiger partial charge in [0.05, 0.1) is 25.0 Å². The van der Waals surface area contributed by atoms with Crippen molar-refractivity contribution in [2.75, 3.05) is 53.2 Å². The molecule has 12 heteroatoms. The Balaban J connectivity index is 0. The molecule has 2 aromatic rings. The van der Waals surface area contributed by atoms with Crippen LogP contribution in [0.3, 0.4) is 0 Å². The molecule has 1 fully saturated rings. The number of aromatic hydroxyl groups is 1. The maximum absolute atomic E-state index is 12.1. The first-order chi connectivity index (χ1) is 32.7. The molecule has 0 amide bonds. The van der Waals surface area contributed by atoms with Crippen LogP contribution in [0.4, 0.5) is 0 Å². The highest BCUT2D eigenvalue weighted by Gasteiger charge is 2.13. The van der Waals surface area contributed by atoms with Crippen LogP contribution in [0.25, 0.3) is 0 Å². The van der Waals surface area contributed by atoms with Crippen molar-refractivity contribution in [3.63, 3.8) is 0 Å². The number of ether oxygens (including phenoxy) is 8. The monoisotopic (exact) mass is 945 g/mol. The van der Waals surface area contributed by atoms with E-state index in [0.717, 1.165) is 84.2 Å². The standard InChI is InChI=1S/C26H36O7.C11H22O2.C9H20O2.C7H8O.C2H6/c1-3-5-7-8-9-19-31-25(28)17-16-23(33-21-27)11-10-20-32-26(29)22-12-14-24(15-13-22)30-18-6-4-2;1-2-3-4-6-9-12-11-8-5-7-10-13-11;1-3-5-6-8-11-9-10-7-4-2;1-6-2-4-7(8)5-3-6;1-2/h10-17,20,27H,3-9,18-19,21H2,1-2H3;11H,2-10H2,1H3;3-9H2,1-2H3;2-5,8H,1H3;1-2H3/b17-16+,20-10+,23-11+;;;;. The van der Waals surface area contributed by atoms with Gasteiger partial charge in [0.25, 0.3) is 0 Å². The molecule has 1 heterocycles. The quantitative estimate of drug-likeness (QED) is 0.0185. The average Bonchev–Trinajstić information content (AvgIpc) is 3.35. The third kappa shape index (κ3) is 44.1. The van der Waals surface area contributed by atoms with Gasteiger partial charge in [0.1, 0.15) is 24.1 Å². The number of hydrogen-bond acceptors (Lipinski definition) is 12. The third-order valence-corrected chi connectivity index (χ3v) is 9.36. The van der Waals surface area contributed by atoms with Crippen LogP contribution in [0, 0.1) is 6.92 Å². The molecule has 0 spiro atoms. The van der Waals surface area contributed by atoms with E-state index in [1.54, 1.807) is 36.4 Å². The molecule has 1 atom stereocenters. The molecule has 0 aliphatic carbocycles. The maximum atomic E-state index is 12.1. The molecule has 0 saturated carbocycles. The predicted molar refractivity (Wildman–Crippen MR) is 271 cm³/mol. The van der Waals surface area contributed by atoms with Crippen LogP contribution in [-0.2, 0) is 38.0 Å². The number of carbonyl (C=O) groups is 2. The smallest absolute Gasteiger partial charge is 0.342 e. The van der Waals surface area contributed by atoms with Crippen molar-refractivity contribution < 1.29 is 57.7 Å². The van der Waals surface area contributed by atoms with Crippen LogP contribution in [0.5, 0.6) is 11.5 Å². The average molecular weight is 945 g/mol. The van der Waals surface area contributed by atoms with Gasteiger partial charge in [0, 0.05) is 32.5 Å². The Bertz CT molecular complexity index is 1420. The van der Waals surface area contributed by atoms with Crippen LogP contribution >= 0.6 is 0 Å². The molecular weight excluding hydrogens is 853 g/mol. The van der Waals surface area contributed by atoms with E-state index in [4.69, 9.17) is 48.1 Å². The Kier molecular flexibility index (Phi) is 49.6. The van der Waals surface area contributed by atoms with Gasteiger partial charge in [-0.15, -0.1) is 0 Å². The molecule has 67 heavy (non-hydrogen) atoms. The number of allylic oxidation sites excluding steroid dienone is 3. The Labute approximate surface area is 406 Å². The molecule has 1 aliphatic heterocycles. The van der Waals surface area contributed by atoms with Crippen molar-refractivity contribution in [2.45, 2.75) is 177 Å². The zero-order valence-electron chi connectivity index (χ0n) is 42.9. The summed E-state index contributed by atoms with van der Waals surface area (Å²) in [5.74, 6) is 0.220. The summed E-state index contributed by atoms with van der Waals surface area (Å²) in [5, 5.41) is 17.8. The summed E-state index contributed by atoms with van der Waals surface area (Å²) >= 11 is 0. The van der Waals surface area contributed by atoms with Crippen molar-refractivity contribution in [1.29, 1.82) is 0 Å². The lowest BCUT2D eigenvalue weighted by Crippen LogP contribution is -2.22. The molecule has 1 aliphatic rings. The Morgan fingerprint density at radius 3 is 1.90 bits per heavy atom. The molecule has 0 aromatic heterocycles. The van der Waals surface area contributed by atoms with Gasteiger partial charge in [0.2, 0.25) is 0 Å². The number of unbranched alkanes of at least 4 members (excludes halogenated alkanes) is 10. The number of carbonyl (C=O) groups excluding carboxylic acids is 2. The Morgan fingerprint density at radius 2 is 1.28 bits per heavy atom. The normalized spacial score (nSPS) is 13.1. The molecule has 1 saturated heterocycles. The van der Waals surface area contributed by atoms with Gasteiger partial charge in [0.15, 0.2) is 13.1 Å². The highest BCUT2D eigenvalue weighted by Crippen LogP contribution is 2.15. The molecular formula is C55H92O12. The number of phenolic OH excluding ortho intramolecular Hbond substituents is 1. The fourth-order valence-corrected chi connectivity index (χ4v) is 5.53. The number of aliphatic hydroxyl groups excluding tert-OH is 1. The molecule has 2 N–H and O–H groups in total. The van der Waals surface area contributed by atoms with Gasteiger partial charge >= 0.3 is 11.9 Å². The van der Waals surface area contributed by atoms with E-state index in [2.05, 4.69) is 34.6 Å². The summed E-state index contributed by atoms with van der Waals surface area (Å²) in [6, 6.07) is 13.8. The first-order valence-electron chi connectivity index (χ1n) is 25.3. The lowest BCUT2D eigenvalue weighted by molar-refractivity contribution is -0.162. The first-order valence-corrected chi connectivity index (χ1v) is 25.3. The van der Waals surface area contributed by atoms with Crippen LogP contribution in [0.1, 0.15) is 180 Å².